The lowest BCUT2D eigenvalue weighted by Crippen LogP contribution is -2.24. The van der Waals surface area contributed by atoms with Crippen molar-refractivity contribution < 1.29 is 19.7 Å². The van der Waals surface area contributed by atoms with Crippen molar-refractivity contribution in [3.63, 3.8) is 0 Å². The third-order valence-corrected chi connectivity index (χ3v) is 2.08. The maximum Gasteiger partial charge on any atom is 0.341 e. The van der Waals surface area contributed by atoms with Crippen LogP contribution in [0.5, 0.6) is 5.75 Å². The van der Waals surface area contributed by atoms with Gasteiger partial charge >= 0.3 is 5.97 Å². The van der Waals surface area contributed by atoms with Crippen molar-refractivity contribution in [1.29, 1.82) is 0 Å². The largest absolute Gasteiger partial charge is 0.482 e. The molecule has 0 aromatic heterocycles. The fraction of sp³-hybridized carbons (Fsp3) is 0.417. The molecule has 0 bridgehead atoms. The monoisotopic (exact) mass is 239 g/mol. The smallest absolute Gasteiger partial charge is 0.341 e. The maximum absolute atomic E-state index is 10.4. The van der Waals surface area contributed by atoms with Crippen LogP contribution in [-0.4, -0.2) is 35.4 Å². The lowest BCUT2D eigenvalue weighted by atomic mass is 10.2. The normalized spacial score (nSPS) is 12.1. The molecule has 5 heteroatoms. The van der Waals surface area contributed by atoms with Crippen molar-refractivity contribution in [1.82, 2.24) is 5.32 Å². The highest BCUT2D eigenvalue weighted by Crippen LogP contribution is 2.17. The summed E-state index contributed by atoms with van der Waals surface area (Å²) < 4.78 is 5.15. The number of aliphatic hydroxyl groups is 1. The highest BCUT2D eigenvalue weighted by Gasteiger charge is 2.05. The van der Waals surface area contributed by atoms with Gasteiger partial charge in [-0.25, -0.2) is 4.79 Å². The standard InChI is InChI=1S/C12H17NO4/c1-9(14)6-13-7-10-4-2-3-5-11(10)17-8-12(15)16/h2-5,9,13-14H,6-8H2,1H3,(H,15,16)/t9-/m1/s1. The number of hydrogen-bond acceptors (Lipinski definition) is 4. The first-order chi connectivity index (χ1) is 8.09. The SMILES string of the molecule is C[C@@H](O)CNCc1ccccc1OCC(=O)O. The van der Waals surface area contributed by atoms with Crippen LogP contribution in [0, 0.1) is 0 Å². The van der Waals surface area contributed by atoms with Crippen LogP contribution in [0.3, 0.4) is 0 Å². The second kappa shape index (κ2) is 6.88. The van der Waals surface area contributed by atoms with Gasteiger partial charge in [0.2, 0.25) is 0 Å². The van der Waals surface area contributed by atoms with Gasteiger partial charge < -0.3 is 20.3 Å². The third-order valence-electron chi connectivity index (χ3n) is 2.08. The number of benzene rings is 1. The number of carboxylic acids is 1. The topological polar surface area (TPSA) is 78.8 Å². The molecule has 0 aliphatic heterocycles. The lowest BCUT2D eigenvalue weighted by Gasteiger charge is -2.11. The number of aliphatic hydroxyl groups excluding tert-OH is 1. The van der Waals surface area contributed by atoms with Crippen LogP contribution in [0.15, 0.2) is 24.3 Å². The molecule has 0 saturated carbocycles. The first-order valence-electron chi connectivity index (χ1n) is 5.41. The Balaban J connectivity index is 2.54. The van der Waals surface area contributed by atoms with Gasteiger partial charge in [-0.15, -0.1) is 0 Å². The van der Waals surface area contributed by atoms with E-state index in [1.54, 1.807) is 19.1 Å². The minimum Gasteiger partial charge on any atom is -0.482 e. The molecule has 1 aromatic carbocycles. The van der Waals surface area contributed by atoms with Gasteiger partial charge in [-0.3, -0.25) is 0 Å². The number of para-hydroxylation sites is 1. The molecule has 0 spiro atoms. The molecule has 3 N–H and O–H groups in total. The Labute approximate surface area is 100 Å². The summed E-state index contributed by atoms with van der Waals surface area (Å²) in [6.07, 6.45) is -0.415. The van der Waals surface area contributed by atoms with Gasteiger partial charge in [-0.1, -0.05) is 18.2 Å². The summed E-state index contributed by atoms with van der Waals surface area (Å²) in [5.74, 6) is -0.454. The summed E-state index contributed by atoms with van der Waals surface area (Å²) in [5.41, 5.74) is 0.870. The summed E-state index contributed by atoms with van der Waals surface area (Å²) >= 11 is 0. The van der Waals surface area contributed by atoms with E-state index in [4.69, 9.17) is 14.9 Å². The second-order valence-corrected chi connectivity index (χ2v) is 3.77. The van der Waals surface area contributed by atoms with Crippen LogP contribution < -0.4 is 10.1 Å². The number of hydrogen-bond donors (Lipinski definition) is 3. The average Bonchev–Trinajstić information content (AvgIpc) is 2.27. The van der Waals surface area contributed by atoms with Gasteiger partial charge in [0.15, 0.2) is 6.61 Å². The van der Waals surface area contributed by atoms with Gasteiger partial charge in [0.05, 0.1) is 6.10 Å². The van der Waals surface area contributed by atoms with Crippen LogP contribution in [0.4, 0.5) is 0 Å². The molecular formula is C12H17NO4. The minimum absolute atomic E-state index is 0.354. The van der Waals surface area contributed by atoms with E-state index in [0.29, 0.717) is 18.8 Å². The number of aliphatic carboxylic acids is 1. The molecule has 1 rings (SSSR count). The number of nitrogens with one attached hydrogen (secondary N) is 1. The fourth-order valence-corrected chi connectivity index (χ4v) is 1.35. The van der Waals surface area contributed by atoms with Crippen LogP contribution in [0.1, 0.15) is 12.5 Å². The Morgan fingerprint density at radius 3 is 2.82 bits per heavy atom. The van der Waals surface area contributed by atoms with E-state index in [-0.39, 0.29) is 6.61 Å². The molecule has 0 amide bonds. The third kappa shape index (κ3) is 5.33. The van der Waals surface area contributed by atoms with Crippen molar-refractivity contribution in [3.05, 3.63) is 29.8 Å². The molecule has 5 nitrogen and oxygen atoms in total. The van der Waals surface area contributed by atoms with Crippen molar-refractivity contribution in [2.45, 2.75) is 19.6 Å². The summed E-state index contributed by atoms with van der Waals surface area (Å²) in [5, 5.41) is 20.7. The summed E-state index contributed by atoms with van der Waals surface area (Å²) in [6.45, 7) is 2.35. The molecule has 1 atom stereocenters. The Kier molecular flexibility index (Phi) is 5.45. The molecule has 0 aliphatic rings. The van der Waals surface area contributed by atoms with E-state index in [2.05, 4.69) is 5.32 Å². The molecule has 0 fully saturated rings. The van der Waals surface area contributed by atoms with Crippen molar-refractivity contribution in [3.8, 4) is 5.75 Å². The quantitative estimate of drug-likeness (QED) is 0.650. The van der Waals surface area contributed by atoms with Gasteiger partial charge in [0, 0.05) is 18.7 Å². The zero-order valence-corrected chi connectivity index (χ0v) is 9.72. The zero-order chi connectivity index (χ0) is 12.7. The van der Waals surface area contributed by atoms with Gasteiger partial charge in [0.25, 0.3) is 0 Å². The summed E-state index contributed by atoms with van der Waals surface area (Å²) in [4.78, 5) is 10.4. The second-order valence-electron chi connectivity index (χ2n) is 3.77. The number of carboxylic acid groups (broad SMARTS) is 1. The summed E-state index contributed by atoms with van der Waals surface area (Å²) in [7, 11) is 0. The van der Waals surface area contributed by atoms with E-state index in [1.807, 2.05) is 12.1 Å². The van der Waals surface area contributed by atoms with Gasteiger partial charge in [-0.2, -0.15) is 0 Å². The first-order valence-corrected chi connectivity index (χ1v) is 5.41. The van der Waals surface area contributed by atoms with Crippen LogP contribution >= 0.6 is 0 Å². The molecule has 1 aromatic rings. The molecule has 0 unspecified atom stereocenters. The van der Waals surface area contributed by atoms with E-state index in [1.165, 1.54) is 0 Å². The first kappa shape index (κ1) is 13.5. The molecule has 94 valence electrons. The predicted octanol–water partition coefficient (Wildman–Crippen LogP) is 0.620. The Bertz CT molecular complexity index is 365. The van der Waals surface area contributed by atoms with Crippen LogP contribution in [-0.2, 0) is 11.3 Å². The molecule has 0 saturated heterocycles. The van der Waals surface area contributed by atoms with E-state index in [0.717, 1.165) is 5.56 Å². The highest BCUT2D eigenvalue weighted by molar-refractivity contribution is 5.68. The van der Waals surface area contributed by atoms with Crippen molar-refractivity contribution >= 4 is 5.97 Å². The predicted molar refractivity (Wildman–Crippen MR) is 63.0 cm³/mol. The molecule has 0 radical (unpaired) electrons. The molecule has 0 aliphatic carbocycles. The maximum atomic E-state index is 10.4. The number of rotatable bonds is 7. The van der Waals surface area contributed by atoms with Crippen molar-refractivity contribution in [2.24, 2.45) is 0 Å². The Hall–Kier alpha value is -1.59. The average molecular weight is 239 g/mol. The van der Waals surface area contributed by atoms with Crippen LogP contribution in [0.25, 0.3) is 0 Å². The molecular weight excluding hydrogens is 222 g/mol. The van der Waals surface area contributed by atoms with Crippen molar-refractivity contribution in [2.75, 3.05) is 13.2 Å². The number of carbonyl (C=O) groups is 1. The van der Waals surface area contributed by atoms with Crippen LogP contribution in [0.2, 0.25) is 0 Å². The Morgan fingerprint density at radius 1 is 1.47 bits per heavy atom. The molecule has 0 heterocycles. The van der Waals surface area contributed by atoms with E-state index >= 15 is 0 Å². The Morgan fingerprint density at radius 2 is 2.18 bits per heavy atom. The van der Waals surface area contributed by atoms with E-state index in [9.17, 15) is 4.79 Å². The molecule has 17 heavy (non-hydrogen) atoms. The minimum atomic E-state index is -1.00. The van der Waals surface area contributed by atoms with E-state index < -0.39 is 12.1 Å². The highest BCUT2D eigenvalue weighted by atomic mass is 16.5. The summed E-state index contributed by atoms with van der Waals surface area (Å²) in [6, 6.07) is 7.22. The zero-order valence-electron chi connectivity index (χ0n) is 9.72. The van der Waals surface area contributed by atoms with Gasteiger partial charge in [0.1, 0.15) is 5.75 Å². The van der Waals surface area contributed by atoms with Gasteiger partial charge in [-0.05, 0) is 13.0 Å². The number of ether oxygens (including phenoxy) is 1. The fourth-order valence-electron chi connectivity index (χ4n) is 1.35. The lowest BCUT2D eigenvalue weighted by molar-refractivity contribution is -0.139.